The van der Waals surface area contributed by atoms with Crippen molar-refractivity contribution in [3.05, 3.63) is 30.3 Å². The molecule has 0 fully saturated rings. The lowest BCUT2D eigenvalue weighted by Crippen LogP contribution is -2.32. The van der Waals surface area contributed by atoms with Crippen LogP contribution in [-0.2, 0) is 0 Å². The van der Waals surface area contributed by atoms with Crippen molar-refractivity contribution in [3.8, 4) is 5.69 Å². The van der Waals surface area contributed by atoms with E-state index < -0.39 is 0 Å². The summed E-state index contributed by atoms with van der Waals surface area (Å²) in [7, 11) is 0. The standard InChI is InChI=1S/C14H21N5S/c1-3-8-12(15)13(4-2)20-14-16-17-18-19(14)11-9-6-5-7-10-11/h5-7,9-10,12-13H,3-4,8,15H2,1-2H3. The van der Waals surface area contributed by atoms with Crippen LogP contribution in [0.2, 0.25) is 0 Å². The Balaban J connectivity index is 2.16. The highest BCUT2D eigenvalue weighted by molar-refractivity contribution is 7.99. The summed E-state index contributed by atoms with van der Waals surface area (Å²) in [4.78, 5) is 0. The number of benzene rings is 1. The van der Waals surface area contributed by atoms with Crippen LogP contribution in [0, 0.1) is 0 Å². The highest BCUT2D eigenvalue weighted by Crippen LogP contribution is 2.27. The van der Waals surface area contributed by atoms with E-state index in [1.54, 1.807) is 16.4 Å². The maximum atomic E-state index is 6.25. The van der Waals surface area contributed by atoms with Crippen LogP contribution in [0.3, 0.4) is 0 Å². The average Bonchev–Trinajstić information content (AvgIpc) is 2.94. The molecule has 1 aromatic heterocycles. The molecule has 0 aliphatic rings. The first-order chi connectivity index (χ1) is 9.76. The largest absolute Gasteiger partial charge is 0.327 e. The van der Waals surface area contributed by atoms with E-state index >= 15 is 0 Å². The fourth-order valence-electron chi connectivity index (χ4n) is 2.11. The van der Waals surface area contributed by atoms with Gasteiger partial charge in [0.2, 0.25) is 5.16 Å². The molecular weight excluding hydrogens is 270 g/mol. The Morgan fingerprint density at radius 1 is 1.25 bits per heavy atom. The van der Waals surface area contributed by atoms with E-state index in [1.807, 2.05) is 30.3 Å². The van der Waals surface area contributed by atoms with Gasteiger partial charge in [-0.2, -0.15) is 4.68 Å². The molecule has 108 valence electrons. The highest BCUT2D eigenvalue weighted by atomic mass is 32.2. The minimum Gasteiger partial charge on any atom is -0.327 e. The number of para-hydroxylation sites is 1. The SMILES string of the molecule is CCCC(N)C(CC)Sc1nnnn1-c1ccccc1. The van der Waals surface area contributed by atoms with Crippen LogP contribution in [0.15, 0.2) is 35.5 Å². The Morgan fingerprint density at radius 2 is 2.00 bits per heavy atom. The number of nitrogens with two attached hydrogens (primary N) is 1. The fraction of sp³-hybridized carbons (Fsp3) is 0.500. The lowest BCUT2D eigenvalue weighted by atomic mass is 10.1. The van der Waals surface area contributed by atoms with Crippen molar-refractivity contribution >= 4 is 11.8 Å². The second kappa shape index (κ2) is 7.40. The van der Waals surface area contributed by atoms with Crippen LogP contribution >= 0.6 is 11.8 Å². The van der Waals surface area contributed by atoms with E-state index in [0.29, 0.717) is 5.25 Å². The number of hydrogen-bond acceptors (Lipinski definition) is 5. The van der Waals surface area contributed by atoms with Gasteiger partial charge in [-0.1, -0.05) is 50.2 Å². The van der Waals surface area contributed by atoms with Gasteiger partial charge in [-0.3, -0.25) is 0 Å². The molecule has 1 heterocycles. The molecule has 0 spiro atoms. The van der Waals surface area contributed by atoms with Crippen LogP contribution in [0.25, 0.3) is 5.69 Å². The quantitative estimate of drug-likeness (QED) is 0.794. The van der Waals surface area contributed by atoms with E-state index in [9.17, 15) is 0 Å². The first kappa shape index (κ1) is 15.0. The molecule has 0 saturated heterocycles. The molecule has 0 saturated carbocycles. The van der Waals surface area contributed by atoms with Crippen LogP contribution < -0.4 is 5.73 Å². The van der Waals surface area contributed by atoms with Gasteiger partial charge >= 0.3 is 0 Å². The second-order valence-electron chi connectivity index (χ2n) is 4.73. The first-order valence-corrected chi connectivity index (χ1v) is 7.90. The molecule has 0 aliphatic heterocycles. The zero-order valence-electron chi connectivity index (χ0n) is 11.9. The van der Waals surface area contributed by atoms with Gasteiger partial charge in [0, 0.05) is 11.3 Å². The third-order valence-corrected chi connectivity index (χ3v) is 4.65. The normalized spacial score (nSPS) is 14.2. The lowest BCUT2D eigenvalue weighted by Gasteiger charge is -2.20. The summed E-state index contributed by atoms with van der Waals surface area (Å²) in [6.45, 7) is 4.31. The summed E-state index contributed by atoms with van der Waals surface area (Å²) in [6, 6.07) is 10.1. The van der Waals surface area contributed by atoms with E-state index in [4.69, 9.17) is 5.73 Å². The lowest BCUT2D eigenvalue weighted by molar-refractivity contribution is 0.565. The topological polar surface area (TPSA) is 69.6 Å². The van der Waals surface area contributed by atoms with Crippen LogP contribution in [0.5, 0.6) is 0 Å². The average molecular weight is 291 g/mol. The van der Waals surface area contributed by atoms with Crippen molar-refractivity contribution in [2.45, 2.75) is 49.6 Å². The van der Waals surface area contributed by atoms with Gasteiger partial charge < -0.3 is 5.73 Å². The highest BCUT2D eigenvalue weighted by Gasteiger charge is 2.20. The predicted molar refractivity (Wildman–Crippen MR) is 82.0 cm³/mol. The van der Waals surface area contributed by atoms with Crippen molar-refractivity contribution in [1.82, 2.24) is 20.2 Å². The molecule has 2 unspecified atom stereocenters. The van der Waals surface area contributed by atoms with Gasteiger partial charge in [0.05, 0.1) is 5.69 Å². The predicted octanol–water partition coefficient (Wildman–Crippen LogP) is 2.66. The van der Waals surface area contributed by atoms with Gasteiger partial charge in [0.15, 0.2) is 0 Å². The maximum Gasteiger partial charge on any atom is 0.214 e. The molecule has 2 rings (SSSR count). The van der Waals surface area contributed by atoms with Crippen LogP contribution in [-0.4, -0.2) is 31.5 Å². The van der Waals surface area contributed by atoms with E-state index in [1.165, 1.54) is 0 Å². The van der Waals surface area contributed by atoms with E-state index in [0.717, 1.165) is 30.1 Å². The molecule has 0 radical (unpaired) electrons. The molecule has 2 atom stereocenters. The van der Waals surface area contributed by atoms with E-state index in [2.05, 4.69) is 29.4 Å². The first-order valence-electron chi connectivity index (χ1n) is 7.02. The summed E-state index contributed by atoms with van der Waals surface area (Å²) in [6.07, 6.45) is 3.13. The second-order valence-corrected chi connectivity index (χ2v) is 5.93. The van der Waals surface area contributed by atoms with Gasteiger partial charge in [-0.25, -0.2) is 0 Å². The summed E-state index contributed by atoms with van der Waals surface area (Å²) < 4.78 is 1.77. The van der Waals surface area contributed by atoms with Crippen LogP contribution in [0.4, 0.5) is 0 Å². The van der Waals surface area contributed by atoms with Gasteiger partial charge in [0.25, 0.3) is 0 Å². The Morgan fingerprint density at radius 3 is 2.65 bits per heavy atom. The zero-order chi connectivity index (χ0) is 14.4. The van der Waals surface area contributed by atoms with Crippen molar-refractivity contribution in [2.75, 3.05) is 0 Å². The van der Waals surface area contributed by atoms with Crippen LogP contribution in [0.1, 0.15) is 33.1 Å². The molecule has 20 heavy (non-hydrogen) atoms. The summed E-state index contributed by atoms with van der Waals surface area (Å²) in [5.41, 5.74) is 7.22. The molecule has 6 heteroatoms. The Hall–Kier alpha value is -1.40. The third kappa shape index (κ3) is 3.58. The number of tetrazole rings is 1. The minimum atomic E-state index is 0.177. The summed E-state index contributed by atoms with van der Waals surface area (Å²) in [5.74, 6) is 0. The molecule has 0 bridgehead atoms. The van der Waals surface area contributed by atoms with E-state index in [-0.39, 0.29) is 6.04 Å². The number of thioether (sulfide) groups is 1. The fourth-order valence-corrected chi connectivity index (χ4v) is 3.19. The number of rotatable bonds is 7. The van der Waals surface area contributed by atoms with Gasteiger partial charge in [-0.15, -0.1) is 5.10 Å². The minimum absolute atomic E-state index is 0.177. The van der Waals surface area contributed by atoms with Crippen molar-refractivity contribution in [3.63, 3.8) is 0 Å². The molecular formula is C14H21N5S. The molecule has 0 amide bonds. The summed E-state index contributed by atoms with van der Waals surface area (Å²) >= 11 is 1.67. The molecule has 1 aromatic carbocycles. The summed E-state index contributed by atoms with van der Waals surface area (Å²) in [5, 5.41) is 13.1. The Bertz CT molecular complexity index is 513. The Kier molecular flexibility index (Phi) is 5.55. The van der Waals surface area contributed by atoms with Gasteiger partial charge in [-0.05, 0) is 35.4 Å². The Labute approximate surface area is 123 Å². The molecule has 0 aliphatic carbocycles. The van der Waals surface area contributed by atoms with Crippen molar-refractivity contribution in [1.29, 1.82) is 0 Å². The zero-order valence-corrected chi connectivity index (χ0v) is 12.8. The third-order valence-electron chi connectivity index (χ3n) is 3.20. The number of aromatic nitrogens is 4. The number of hydrogen-bond donors (Lipinski definition) is 1. The monoisotopic (exact) mass is 291 g/mol. The molecule has 2 N–H and O–H groups in total. The maximum absolute atomic E-state index is 6.25. The van der Waals surface area contributed by atoms with Gasteiger partial charge in [0.1, 0.15) is 0 Å². The molecule has 5 nitrogen and oxygen atoms in total. The molecule has 2 aromatic rings. The van der Waals surface area contributed by atoms with Crippen molar-refractivity contribution in [2.24, 2.45) is 5.73 Å². The number of nitrogens with zero attached hydrogens (tertiary/aromatic N) is 4. The smallest absolute Gasteiger partial charge is 0.214 e. The van der Waals surface area contributed by atoms with Crippen molar-refractivity contribution < 1.29 is 0 Å².